The van der Waals surface area contributed by atoms with Gasteiger partial charge in [0.1, 0.15) is 16.9 Å². The van der Waals surface area contributed by atoms with Gasteiger partial charge in [-0.2, -0.15) is 0 Å². The third-order valence-electron chi connectivity index (χ3n) is 5.81. The SMILES string of the molecule is [2H]C([2H])([2H])NC(=O)c1cnc(NC(=O)C2CC2)cc1Nc1cn(C2CC2)c2ncn(CC)c(=O)c12. The van der Waals surface area contributed by atoms with Crippen molar-refractivity contribution in [2.24, 2.45) is 5.92 Å². The second-order valence-corrected chi connectivity index (χ2v) is 8.17. The van der Waals surface area contributed by atoms with Crippen LogP contribution in [0, 0.1) is 5.92 Å². The van der Waals surface area contributed by atoms with E-state index in [9.17, 15) is 14.4 Å². The molecule has 3 aromatic heterocycles. The van der Waals surface area contributed by atoms with Crippen molar-refractivity contribution in [1.29, 1.82) is 0 Å². The number of nitrogens with zero attached hydrogens (tertiary/aromatic N) is 4. The fourth-order valence-electron chi connectivity index (χ4n) is 3.72. The molecule has 0 unspecified atom stereocenters. The summed E-state index contributed by atoms with van der Waals surface area (Å²) in [6.45, 7) is -0.419. The molecule has 0 radical (unpaired) electrons. The van der Waals surface area contributed by atoms with Crippen LogP contribution in [0.3, 0.4) is 0 Å². The topological polar surface area (TPSA) is 123 Å². The first kappa shape index (κ1) is 16.9. The van der Waals surface area contributed by atoms with Crippen LogP contribution in [0.4, 0.5) is 17.2 Å². The molecule has 2 aliphatic carbocycles. The van der Waals surface area contributed by atoms with Gasteiger partial charge in [-0.15, -0.1) is 0 Å². The Morgan fingerprint density at radius 3 is 2.72 bits per heavy atom. The van der Waals surface area contributed by atoms with Gasteiger partial charge >= 0.3 is 0 Å². The minimum atomic E-state index is -2.70. The smallest absolute Gasteiger partial charge is 0.264 e. The van der Waals surface area contributed by atoms with E-state index in [0.29, 0.717) is 23.3 Å². The summed E-state index contributed by atoms with van der Waals surface area (Å²) in [5.74, 6) is -0.870. The van der Waals surface area contributed by atoms with Crippen LogP contribution in [0.15, 0.2) is 29.6 Å². The molecule has 5 rings (SSSR count). The molecule has 10 nitrogen and oxygen atoms in total. The average Bonchev–Trinajstić information content (AvgIpc) is 3.70. The maximum Gasteiger partial charge on any atom is 0.264 e. The number of aromatic nitrogens is 4. The van der Waals surface area contributed by atoms with Crippen LogP contribution >= 0.6 is 0 Å². The predicted octanol–water partition coefficient (Wildman–Crippen LogP) is 2.40. The lowest BCUT2D eigenvalue weighted by molar-refractivity contribution is -0.117. The molecular weight excluding hydrogens is 410 g/mol. The van der Waals surface area contributed by atoms with Gasteiger partial charge < -0.3 is 20.5 Å². The summed E-state index contributed by atoms with van der Waals surface area (Å²) in [7, 11) is 0. The Balaban J connectivity index is 1.59. The molecule has 166 valence electrons. The van der Waals surface area contributed by atoms with Gasteiger partial charge in [-0.05, 0) is 32.6 Å². The van der Waals surface area contributed by atoms with Crippen LogP contribution in [0.25, 0.3) is 11.0 Å². The maximum absolute atomic E-state index is 13.2. The van der Waals surface area contributed by atoms with Crippen LogP contribution in [0.1, 0.15) is 53.1 Å². The van der Waals surface area contributed by atoms with Gasteiger partial charge in [0.15, 0.2) is 0 Å². The van der Waals surface area contributed by atoms with E-state index < -0.39 is 12.9 Å². The van der Waals surface area contributed by atoms with E-state index in [2.05, 4.69) is 20.6 Å². The molecule has 32 heavy (non-hydrogen) atoms. The molecule has 0 aliphatic heterocycles. The summed E-state index contributed by atoms with van der Waals surface area (Å²) >= 11 is 0. The molecule has 2 aliphatic rings. The number of anilines is 3. The van der Waals surface area contributed by atoms with Crippen molar-refractivity contribution in [3.05, 3.63) is 40.7 Å². The van der Waals surface area contributed by atoms with Crippen molar-refractivity contribution in [3.63, 3.8) is 0 Å². The summed E-state index contributed by atoms with van der Waals surface area (Å²) in [4.78, 5) is 46.8. The minimum Gasteiger partial charge on any atom is -0.355 e. The first-order valence-corrected chi connectivity index (χ1v) is 10.6. The largest absolute Gasteiger partial charge is 0.355 e. The summed E-state index contributed by atoms with van der Waals surface area (Å²) in [6.07, 6.45) is 8.07. The molecule has 2 saturated carbocycles. The molecule has 0 bridgehead atoms. The number of carbonyl (C=O) groups excluding carboxylic acids is 2. The van der Waals surface area contributed by atoms with Gasteiger partial charge in [0.2, 0.25) is 5.91 Å². The van der Waals surface area contributed by atoms with Crippen molar-refractivity contribution >= 4 is 40.0 Å². The summed E-state index contributed by atoms with van der Waals surface area (Å²) in [5.41, 5.74) is 0.895. The number of aryl methyl sites for hydroxylation is 1. The Labute approximate surface area is 188 Å². The maximum atomic E-state index is 13.2. The Morgan fingerprint density at radius 1 is 1.22 bits per heavy atom. The average molecular weight is 439 g/mol. The summed E-state index contributed by atoms with van der Waals surface area (Å²) in [5, 5.41) is 8.18. The van der Waals surface area contributed by atoms with Crippen molar-refractivity contribution in [2.45, 2.75) is 45.2 Å². The van der Waals surface area contributed by atoms with Gasteiger partial charge in [0.05, 0.1) is 23.3 Å². The van der Waals surface area contributed by atoms with Gasteiger partial charge in [0, 0.05) is 48.1 Å². The lowest BCUT2D eigenvalue weighted by Crippen LogP contribution is -2.21. The number of pyridine rings is 1. The number of fused-ring (bicyclic) bond motifs is 1. The van der Waals surface area contributed by atoms with Crippen LogP contribution in [-0.2, 0) is 11.3 Å². The van der Waals surface area contributed by atoms with Crippen molar-refractivity contribution < 1.29 is 13.7 Å². The van der Waals surface area contributed by atoms with E-state index in [4.69, 9.17) is 4.11 Å². The van der Waals surface area contributed by atoms with Crippen LogP contribution in [0.2, 0.25) is 0 Å². The van der Waals surface area contributed by atoms with E-state index in [1.165, 1.54) is 23.2 Å². The lowest BCUT2D eigenvalue weighted by Gasteiger charge is -2.13. The number of carbonyl (C=O) groups is 2. The molecule has 0 spiro atoms. The molecule has 2 fully saturated rings. The van der Waals surface area contributed by atoms with Gasteiger partial charge in [-0.3, -0.25) is 19.0 Å². The molecule has 3 N–H and O–H groups in total. The molecule has 0 atom stereocenters. The highest BCUT2D eigenvalue weighted by molar-refractivity contribution is 6.03. The number of hydrogen-bond donors (Lipinski definition) is 3. The zero-order chi connectivity index (χ0) is 24.9. The normalized spacial score (nSPS) is 17.3. The minimum absolute atomic E-state index is 0.0439. The fraction of sp³-hybridized carbons (Fsp3) is 0.409. The Hall–Kier alpha value is -3.69. The van der Waals surface area contributed by atoms with Crippen LogP contribution in [-0.4, -0.2) is 37.9 Å². The second kappa shape index (κ2) is 7.77. The molecular formula is C22H25N7O3. The monoisotopic (exact) mass is 438 g/mol. The quantitative estimate of drug-likeness (QED) is 0.521. The third kappa shape index (κ3) is 3.61. The van der Waals surface area contributed by atoms with E-state index in [0.717, 1.165) is 25.7 Å². The van der Waals surface area contributed by atoms with E-state index >= 15 is 0 Å². The highest BCUT2D eigenvalue weighted by Gasteiger charge is 2.30. The summed E-state index contributed by atoms with van der Waals surface area (Å²) < 4.78 is 25.6. The number of amides is 2. The molecule has 3 aromatic rings. The first-order chi connectivity index (χ1) is 16.6. The van der Waals surface area contributed by atoms with E-state index in [-0.39, 0.29) is 40.5 Å². The fourth-order valence-corrected chi connectivity index (χ4v) is 3.72. The first-order valence-electron chi connectivity index (χ1n) is 12.1. The Bertz CT molecular complexity index is 1390. The summed E-state index contributed by atoms with van der Waals surface area (Å²) in [6, 6.07) is 1.70. The number of rotatable bonds is 7. The van der Waals surface area contributed by atoms with Gasteiger partial charge in [0.25, 0.3) is 11.5 Å². The zero-order valence-corrected chi connectivity index (χ0v) is 17.5. The zero-order valence-electron chi connectivity index (χ0n) is 20.5. The predicted molar refractivity (Wildman–Crippen MR) is 120 cm³/mol. The van der Waals surface area contributed by atoms with Gasteiger partial charge in [-0.1, -0.05) is 0 Å². The standard InChI is InChI=1S/C22H25N7O3/c1-3-28-11-25-19-18(22(28)32)16(10-29(19)13-6-7-13)26-15-8-17(27-20(30)12-4-5-12)24-9-14(15)21(31)23-2/h8-13H,3-7H2,1-2H3,(H,23,31)(H2,24,26,27,30)/i2D3. The molecule has 0 aromatic carbocycles. The van der Waals surface area contributed by atoms with Crippen molar-refractivity contribution in [2.75, 3.05) is 17.6 Å². The Morgan fingerprint density at radius 2 is 2.03 bits per heavy atom. The van der Waals surface area contributed by atoms with Crippen molar-refractivity contribution in [3.8, 4) is 0 Å². The third-order valence-corrected chi connectivity index (χ3v) is 5.81. The van der Waals surface area contributed by atoms with Gasteiger partial charge in [-0.25, -0.2) is 9.97 Å². The lowest BCUT2D eigenvalue weighted by atomic mass is 10.2. The van der Waals surface area contributed by atoms with Crippen LogP contribution < -0.4 is 21.5 Å². The molecule has 2 amide bonds. The number of nitrogens with one attached hydrogen (secondary N) is 3. The number of hydrogen-bond acceptors (Lipinski definition) is 6. The molecule has 10 heteroatoms. The Kier molecular flexibility index (Phi) is 4.11. The van der Waals surface area contributed by atoms with Crippen LogP contribution in [0.5, 0.6) is 0 Å². The molecule has 3 heterocycles. The highest BCUT2D eigenvalue weighted by Crippen LogP contribution is 2.40. The molecule has 0 saturated heterocycles. The van der Waals surface area contributed by atoms with E-state index in [1.807, 2.05) is 16.8 Å². The van der Waals surface area contributed by atoms with Crippen molar-refractivity contribution in [1.82, 2.24) is 24.4 Å². The highest BCUT2D eigenvalue weighted by atomic mass is 16.2. The van der Waals surface area contributed by atoms with E-state index in [1.54, 1.807) is 6.20 Å². The second-order valence-electron chi connectivity index (χ2n) is 8.17.